The minimum atomic E-state index is -0.946. The van der Waals surface area contributed by atoms with Gasteiger partial charge in [0.1, 0.15) is 5.75 Å². The van der Waals surface area contributed by atoms with Crippen molar-refractivity contribution in [3.8, 4) is 5.75 Å². The SMILES string of the molecule is CC/C(=C/C(=O)O)Nc1ccc(OC)cc1. The fourth-order valence-corrected chi connectivity index (χ4v) is 1.24. The molecule has 0 fully saturated rings. The minimum absolute atomic E-state index is 0.637. The van der Waals surface area contributed by atoms with Crippen LogP contribution in [0, 0.1) is 0 Å². The largest absolute Gasteiger partial charge is 0.497 e. The molecule has 2 N–H and O–H groups in total. The smallest absolute Gasteiger partial charge is 0.330 e. The average molecular weight is 221 g/mol. The van der Waals surface area contributed by atoms with Crippen LogP contribution in [0.25, 0.3) is 0 Å². The predicted molar refractivity (Wildman–Crippen MR) is 62.6 cm³/mol. The minimum Gasteiger partial charge on any atom is -0.497 e. The molecule has 86 valence electrons. The molecule has 0 radical (unpaired) electrons. The van der Waals surface area contributed by atoms with Crippen molar-refractivity contribution in [3.63, 3.8) is 0 Å². The second kappa shape index (κ2) is 5.80. The molecule has 4 heteroatoms. The van der Waals surface area contributed by atoms with E-state index < -0.39 is 5.97 Å². The van der Waals surface area contributed by atoms with E-state index in [1.165, 1.54) is 6.08 Å². The van der Waals surface area contributed by atoms with Gasteiger partial charge < -0.3 is 15.2 Å². The van der Waals surface area contributed by atoms with Gasteiger partial charge >= 0.3 is 5.97 Å². The highest BCUT2D eigenvalue weighted by atomic mass is 16.5. The van der Waals surface area contributed by atoms with E-state index >= 15 is 0 Å². The molecule has 0 saturated heterocycles. The van der Waals surface area contributed by atoms with Gasteiger partial charge in [0.2, 0.25) is 0 Å². The van der Waals surface area contributed by atoms with Gasteiger partial charge in [-0.2, -0.15) is 0 Å². The number of rotatable bonds is 5. The Kier molecular flexibility index (Phi) is 4.39. The Labute approximate surface area is 94.6 Å². The summed E-state index contributed by atoms with van der Waals surface area (Å²) in [4.78, 5) is 10.5. The van der Waals surface area contributed by atoms with Crippen LogP contribution in [0.3, 0.4) is 0 Å². The zero-order chi connectivity index (χ0) is 12.0. The van der Waals surface area contributed by atoms with Gasteiger partial charge in [0.15, 0.2) is 0 Å². The molecule has 1 aromatic rings. The number of carboxylic acids is 1. The highest BCUT2D eigenvalue weighted by Gasteiger charge is 1.99. The van der Waals surface area contributed by atoms with Crippen LogP contribution in [0.4, 0.5) is 5.69 Å². The maximum atomic E-state index is 10.5. The van der Waals surface area contributed by atoms with Gasteiger partial charge in [0.25, 0.3) is 0 Å². The molecule has 0 bridgehead atoms. The zero-order valence-electron chi connectivity index (χ0n) is 9.36. The molecule has 0 saturated carbocycles. The Morgan fingerprint density at radius 2 is 2.06 bits per heavy atom. The van der Waals surface area contributed by atoms with Crippen LogP contribution in [-0.2, 0) is 4.79 Å². The molecule has 0 amide bonds. The standard InChI is InChI=1S/C12H15NO3/c1-3-9(8-12(14)15)13-10-4-6-11(16-2)7-5-10/h4-8,13H,3H2,1-2H3,(H,14,15)/b9-8-. The van der Waals surface area contributed by atoms with Crippen LogP contribution in [0.1, 0.15) is 13.3 Å². The van der Waals surface area contributed by atoms with Gasteiger partial charge in [-0.25, -0.2) is 4.79 Å². The Bertz CT molecular complexity index is 382. The van der Waals surface area contributed by atoms with Crippen molar-refractivity contribution in [1.82, 2.24) is 0 Å². The van der Waals surface area contributed by atoms with Crippen molar-refractivity contribution >= 4 is 11.7 Å². The van der Waals surface area contributed by atoms with Crippen LogP contribution >= 0.6 is 0 Å². The van der Waals surface area contributed by atoms with Crippen LogP contribution < -0.4 is 10.1 Å². The molecule has 1 aromatic carbocycles. The molecular weight excluding hydrogens is 206 g/mol. The number of hydrogen-bond acceptors (Lipinski definition) is 3. The van der Waals surface area contributed by atoms with Crippen LogP contribution in [0.15, 0.2) is 36.0 Å². The Balaban J connectivity index is 2.74. The zero-order valence-corrected chi connectivity index (χ0v) is 9.36. The summed E-state index contributed by atoms with van der Waals surface area (Å²) >= 11 is 0. The van der Waals surface area contributed by atoms with Gasteiger partial charge in [0, 0.05) is 17.5 Å². The lowest BCUT2D eigenvalue weighted by Crippen LogP contribution is -2.02. The molecule has 0 aliphatic heterocycles. The number of ether oxygens (including phenoxy) is 1. The Hall–Kier alpha value is -1.97. The Morgan fingerprint density at radius 1 is 1.44 bits per heavy atom. The average Bonchev–Trinajstić information content (AvgIpc) is 2.28. The van der Waals surface area contributed by atoms with Gasteiger partial charge in [-0.3, -0.25) is 0 Å². The first-order chi connectivity index (χ1) is 7.65. The highest BCUT2D eigenvalue weighted by Crippen LogP contribution is 2.17. The summed E-state index contributed by atoms with van der Waals surface area (Å²) < 4.78 is 5.03. The lowest BCUT2D eigenvalue weighted by Gasteiger charge is -2.08. The summed E-state index contributed by atoms with van der Waals surface area (Å²) in [5.74, 6) is -0.177. The summed E-state index contributed by atoms with van der Waals surface area (Å²) in [6.07, 6.45) is 1.81. The molecular formula is C12H15NO3. The summed E-state index contributed by atoms with van der Waals surface area (Å²) in [7, 11) is 1.60. The summed E-state index contributed by atoms with van der Waals surface area (Å²) in [5.41, 5.74) is 1.51. The number of carbonyl (C=O) groups is 1. The molecule has 0 aliphatic rings. The monoisotopic (exact) mass is 221 g/mol. The van der Waals surface area contributed by atoms with Crippen molar-refractivity contribution < 1.29 is 14.6 Å². The summed E-state index contributed by atoms with van der Waals surface area (Å²) in [6, 6.07) is 7.31. The van der Waals surface area contributed by atoms with Crippen molar-refractivity contribution in [3.05, 3.63) is 36.0 Å². The van der Waals surface area contributed by atoms with E-state index in [1.54, 1.807) is 7.11 Å². The number of methoxy groups -OCH3 is 1. The van der Waals surface area contributed by atoms with Crippen molar-refractivity contribution in [2.45, 2.75) is 13.3 Å². The van der Waals surface area contributed by atoms with Gasteiger partial charge in [-0.1, -0.05) is 6.92 Å². The van der Waals surface area contributed by atoms with Crippen LogP contribution in [0.5, 0.6) is 5.75 Å². The number of anilines is 1. The first-order valence-electron chi connectivity index (χ1n) is 5.00. The van der Waals surface area contributed by atoms with Crippen LogP contribution in [-0.4, -0.2) is 18.2 Å². The second-order valence-electron chi connectivity index (χ2n) is 3.21. The van der Waals surface area contributed by atoms with Gasteiger partial charge in [0.05, 0.1) is 7.11 Å². The normalized spacial score (nSPS) is 11.0. The molecule has 1 rings (SSSR count). The van der Waals surface area contributed by atoms with E-state index in [9.17, 15) is 4.79 Å². The van der Waals surface area contributed by atoms with Gasteiger partial charge in [-0.15, -0.1) is 0 Å². The molecule has 0 atom stereocenters. The molecule has 0 aromatic heterocycles. The summed E-state index contributed by atoms with van der Waals surface area (Å²) in [6.45, 7) is 1.89. The van der Waals surface area contributed by atoms with E-state index in [4.69, 9.17) is 9.84 Å². The first kappa shape index (κ1) is 12.1. The van der Waals surface area contributed by atoms with Crippen molar-refractivity contribution in [1.29, 1.82) is 0 Å². The number of aliphatic carboxylic acids is 1. The first-order valence-corrected chi connectivity index (χ1v) is 5.00. The Morgan fingerprint density at radius 3 is 2.50 bits per heavy atom. The third-order valence-corrected chi connectivity index (χ3v) is 2.07. The molecule has 16 heavy (non-hydrogen) atoms. The lowest BCUT2D eigenvalue weighted by molar-refractivity contribution is -0.131. The topological polar surface area (TPSA) is 58.6 Å². The molecule has 0 unspecified atom stereocenters. The van der Waals surface area contributed by atoms with E-state index in [0.29, 0.717) is 12.1 Å². The fourth-order valence-electron chi connectivity index (χ4n) is 1.24. The number of nitrogens with one attached hydrogen (secondary N) is 1. The van der Waals surface area contributed by atoms with E-state index in [-0.39, 0.29) is 0 Å². The maximum absolute atomic E-state index is 10.5. The third kappa shape index (κ3) is 3.65. The predicted octanol–water partition coefficient (Wildman–Crippen LogP) is 2.49. The molecule has 0 spiro atoms. The molecule has 4 nitrogen and oxygen atoms in total. The maximum Gasteiger partial charge on any atom is 0.330 e. The van der Waals surface area contributed by atoms with Crippen molar-refractivity contribution in [2.24, 2.45) is 0 Å². The quantitative estimate of drug-likeness (QED) is 0.750. The second-order valence-corrected chi connectivity index (χ2v) is 3.21. The highest BCUT2D eigenvalue weighted by molar-refractivity contribution is 5.81. The number of hydrogen-bond donors (Lipinski definition) is 2. The number of carboxylic acid groups (broad SMARTS) is 1. The summed E-state index contributed by atoms with van der Waals surface area (Å²) in [5, 5.41) is 11.7. The van der Waals surface area contributed by atoms with E-state index in [2.05, 4.69) is 5.32 Å². The van der Waals surface area contributed by atoms with Crippen LogP contribution in [0.2, 0.25) is 0 Å². The number of benzene rings is 1. The van der Waals surface area contributed by atoms with E-state index in [0.717, 1.165) is 11.4 Å². The molecule has 0 aliphatic carbocycles. The fraction of sp³-hybridized carbons (Fsp3) is 0.250. The van der Waals surface area contributed by atoms with Gasteiger partial charge in [-0.05, 0) is 30.7 Å². The van der Waals surface area contributed by atoms with Crippen molar-refractivity contribution in [2.75, 3.05) is 12.4 Å². The molecule has 0 heterocycles. The third-order valence-electron chi connectivity index (χ3n) is 2.07. The van der Waals surface area contributed by atoms with E-state index in [1.807, 2.05) is 31.2 Å². The lowest BCUT2D eigenvalue weighted by atomic mass is 10.2. The number of allylic oxidation sites excluding steroid dienone is 1.